The monoisotopic (exact) mass is 449 g/mol. The number of aliphatic carboxylic acids is 1. The van der Waals surface area contributed by atoms with Crippen molar-refractivity contribution in [3.8, 4) is 5.88 Å². The molecule has 0 bridgehead atoms. The van der Waals surface area contributed by atoms with Crippen LogP contribution in [0.25, 0.3) is 0 Å². The molecule has 2 aliphatic carbocycles. The maximum absolute atomic E-state index is 11.7. The molecule has 3 fully saturated rings. The topological polar surface area (TPSA) is 74.7 Å². The van der Waals surface area contributed by atoms with Crippen molar-refractivity contribution < 1.29 is 14.6 Å². The molecule has 1 aromatic carbocycles. The summed E-state index contributed by atoms with van der Waals surface area (Å²) in [6, 6.07) is 15.4. The first-order chi connectivity index (χ1) is 16.0. The number of nitrogens with one attached hydrogen (secondary N) is 1. The number of benzene rings is 1. The van der Waals surface area contributed by atoms with E-state index in [9.17, 15) is 9.90 Å². The molecular formula is C27H35N3O3. The van der Waals surface area contributed by atoms with Gasteiger partial charge in [0.15, 0.2) is 0 Å². The van der Waals surface area contributed by atoms with Crippen molar-refractivity contribution in [2.75, 3.05) is 33.3 Å². The fourth-order valence-electron chi connectivity index (χ4n) is 5.53. The van der Waals surface area contributed by atoms with E-state index < -0.39 is 11.4 Å². The molecular weight excluding hydrogens is 414 g/mol. The molecule has 6 heteroatoms. The number of ether oxygens (including phenoxy) is 1. The van der Waals surface area contributed by atoms with Gasteiger partial charge < -0.3 is 20.1 Å². The zero-order chi connectivity index (χ0) is 22.9. The first-order valence-corrected chi connectivity index (χ1v) is 12.2. The van der Waals surface area contributed by atoms with Crippen LogP contribution < -0.4 is 10.1 Å². The highest BCUT2D eigenvalue weighted by molar-refractivity contribution is 5.78. The van der Waals surface area contributed by atoms with Crippen LogP contribution in [0.4, 0.5) is 0 Å². The van der Waals surface area contributed by atoms with E-state index in [-0.39, 0.29) is 5.41 Å². The first kappa shape index (κ1) is 22.4. The molecule has 2 aromatic rings. The lowest BCUT2D eigenvalue weighted by molar-refractivity contribution is -0.144. The molecule has 33 heavy (non-hydrogen) atoms. The summed E-state index contributed by atoms with van der Waals surface area (Å²) < 4.78 is 5.23. The van der Waals surface area contributed by atoms with Crippen molar-refractivity contribution in [2.24, 2.45) is 10.8 Å². The smallest absolute Gasteiger partial charge is 0.310 e. The van der Waals surface area contributed by atoms with Gasteiger partial charge in [-0.25, -0.2) is 4.98 Å². The summed E-state index contributed by atoms with van der Waals surface area (Å²) in [4.78, 5) is 18.5. The molecule has 0 radical (unpaired) electrons. The lowest BCUT2D eigenvalue weighted by Gasteiger charge is -2.43. The minimum atomic E-state index is -0.619. The summed E-state index contributed by atoms with van der Waals surface area (Å²) in [5.41, 5.74) is 2.36. The number of pyridine rings is 1. The maximum Gasteiger partial charge on any atom is 0.310 e. The number of nitrogens with zero attached hydrogens (tertiary/aromatic N) is 2. The molecule has 2 N–H and O–H groups in total. The molecule has 176 valence electrons. The van der Waals surface area contributed by atoms with Gasteiger partial charge in [0.25, 0.3) is 0 Å². The molecule has 0 spiro atoms. The Morgan fingerprint density at radius 1 is 1.15 bits per heavy atom. The highest BCUT2D eigenvalue weighted by atomic mass is 16.5. The average molecular weight is 450 g/mol. The van der Waals surface area contributed by atoms with E-state index in [0.29, 0.717) is 24.4 Å². The van der Waals surface area contributed by atoms with Crippen LogP contribution in [0.5, 0.6) is 5.88 Å². The van der Waals surface area contributed by atoms with Crippen LogP contribution in [0.1, 0.15) is 49.1 Å². The number of rotatable bonds is 10. The largest absolute Gasteiger partial charge is 0.481 e. The summed E-state index contributed by atoms with van der Waals surface area (Å²) in [6.07, 6.45) is 7.93. The highest BCUT2D eigenvalue weighted by Crippen LogP contribution is 2.48. The summed E-state index contributed by atoms with van der Waals surface area (Å²) in [7, 11) is 1.64. The summed E-state index contributed by atoms with van der Waals surface area (Å²) in [5.74, 6) is 0.648. The first-order valence-electron chi connectivity index (χ1n) is 12.2. The van der Waals surface area contributed by atoms with Crippen LogP contribution in [0, 0.1) is 10.8 Å². The standard InChI is InChI=1S/C27H35N3O3/c1-33-24-8-7-20(17-28-24)16-26(18-29-23-15-22(23)21-5-3-2-4-6-21)11-13-30(14-12-26)19-27(9-10-27)25(31)32/h2-8,17,22-23,29H,9-16,18-19H2,1H3,(H,31,32)/t22-,23+/m0/s1. The van der Waals surface area contributed by atoms with Gasteiger partial charge in [0, 0.05) is 37.3 Å². The quantitative estimate of drug-likeness (QED) is 0.576. The Hall–Kier alpha value is -2.44. The molecule has 6 nitrogen and oxygen atoms in total. The Labute approximate surface area is 196 Å². The van der Waals surface area contributed by atoms with Crippen molar-refractivity contribution >= 4 is 5.97 Å². The van der Waals surface area contributed by atoms with E-state index in [2.05, 4.69) is 51.6 Å². The lowest BCUT2D eigenvalue weighted by Crippen LogP contribution is -2.48. The molecule has 1 aliphatic heterocycles. The van der Waals surface area contributed by atoms with Gasteiger partial charge in [-0.05, 0) is 68.2 Å². The molecule has 2 atom stereocenters. The van der Waals surface area contributed by atoms with E-state index in [1.807, 2.05) is 12.3 Å². The summed E-state index contributed by atoms with van der Waals surface area (Å²) in [6.45, 7) is 3.62. The van der Waals surface area contributed by atoms with Gasteiger partial charge >= 0.3 is 5.97 Å². The third kappa shape index (κ3) is 5.07. The fraction of sp³-hybridized carbons (Fsp3) is 0.556. The minimum Gasteiger partial charge on any atom is -0.481 e. The third-order valence-corrected chi connectivity index (χ3v) is 8.09. The minimum absolute atomic E-state index is 0.163. The zero-order valence-electron chi connectivity index (χ0n) is 19.5. The van der Waals surface area contributed by atoms with E-state index in [4.69, 9.17) is 4.74 Å². The summed E-state index contributed by atoms with van der Waals surface area (Å²) in [5, 5.41) is 13.5. The summed E-state index contributed by atoms with van der Waals surface area (Å²) >= 11 is 0. The van der Waals surface area contributed by atoms with E-state index in [1.54, 1.807) is 7.11 Å². The van der Waals surface area contributed by atoms with Crippen molar-refractivity contribution in [1.29, 1.82) is 0 Å². The number of methoxy groups -OCH3 is 1. The lowest BCUT2D eigenvalue weighted by atomic mass is 9.73. The van der Waals surface area contributed by atoms with Crippen molar-refractivity contribution in [2.45, 2.75) is 50.5 Å². The second-order valence-electron chi connectivity index (χ2n) is 10.5. The van der Waals surface area contributed by atoms with Gasteiger partial charge in [-0.2, -0.15) is 0 Å². The predicted molar refractivity (Wildman–Crippen MR) is 127 cm³/mol. The zero-order valence-corrected chi connectivity index (χ0v) is 19.5. The van der Waals surface area contributed by atoms with Gasteiger partial charge in [0.05, 0.1) is 12.5 Å². The van der Waals surface area contributed by atoms with E-state index in [1.165, 1.54) is 17.5 Å². The number of carbonyl (C=O) groups is 1. The molecule has 5 rings (SSSR count). The third-order valence-electron chi connectivity index (χ3n) is 8.09. The Morgan fingerprint density at radius 3 is 2.52 bits per heavy atom. The maximum atomic E-state index is 11.7. The van der Waals surface area contributed by atoms with Gasteiger partial charge in [0.1, 0.15) is 0 Å². The normalized spacial score (nSPS) is 25.4. The van der Waals surface area contributed by atoms with Gasteiger partial charge in [-0.1, -0.05) is 36.4 Å². The molecule has 0 amide bonds. The van der Waals surface area contributed by atoms with Crippen LogP contribution in [-0.2, 0) is 11.2 Å². The number of hydrogen-bond donors (Lipinski definition) is 2. The molecule has 1 aromatic heterocycles. The number of aromatic nitrogens is 1. The van der Waals surface area contributed by atoms with Crippen LogP contribution >= 0.6 is 0 Å². The highest BCUT2D eigenvalue weighted by Gasteiger charge is 2.52. The molecule has 2 heterocycles. The van der Waals surface area contributed by atoms with Gasteiger partial charge in [-0.3, -0.25) is 4.79 Å². The molecule has 0 unspecified atom stereocenters. The predicted octanol–water partition coefficient (Wildman–Crippen LogP) is 3.73. The van der Waals surface area contributed by atoms with Crippen molar-refractivity contribution in [3.05, 3.63) is 59.8 Å². The van der Waals surface area contributed by atoms with Crippen molar-refractivity contribution in [1.82, 2.24) is 15.2 Å². The fourth-order valence-corrected chi connectivity index (χ4v) is 5.53. The second-order valence-corrected chi connectivity index (χ2v) is 10.5. The average Bonchev–Trinajstić information content (AvgIpc) is 3.77. The Bertz CT molecular complexity index is 950. The van der Waals surface area contributed by atoms with Crippen LogP contribution in [0.3, 0.4) is 0 Å². The number of piperidine rings is 1. The SMILES string of the molecule is COc1ccc(CC2(CN[C@@H]3C[C@H]3c3ccccc3)CCN(CC3(C(=O)O)CC3)CC2)cn1. The Balaban J connectivity index is 1.23. The Morgan fingerprint density at radius 2 is 1.91 bits per heavy atom. The number of hydrogen-bond acceptors (Lipinski definition) is 5. The van der Waals surface area contributed by atoms with Crippen LogP contribution in [0.2, 0.25) is 0 Å². The van der Waals surface area contributed by atoms with Gasteiger partial charge in [0.2, 0.25) is 5.88 Å². The van der Waals surface area contributed by atoms with E-state index in [0.717, 1.165) is 51.7 Å². The second kappa shape index (κ2) is 9.07. The number of likely N-dealkylation sites (tertiary alicyclic amines) is 1. The van der Waals surface area contributed by atoms with Crippen molar-refractivity contribution in [3.63, 3.8) is 0 Å². The van der Waals surface area contributed by atoms with Crippen LogP contribution in [-0.4, -0.2) is 60.3 Å². The van der Waals surface area contributed by atoms with Crippen LogP contribution in [0.15, 0.2) is 48.7 Å². The number of carboxylic acid groups (broad SMARTS) is 1. The van der Waals surface area contributed by atoms with E-state index >= 15 is 0 Å². The van der Waals surface area contributed by atoms with Gasteiger partial charge in [-0.15, -0.1) is 0 Å². The number of carboxylic acids is 1. The molecule has 2 saturated carbocycles. The molecule has 3 aliphatic rings. The Kier molecular flexibility index (Phi) is 6.14. The molecule has 1 saturated heterocycles.